The Balaban J connectivity index is 1.57. The highest BCUT2D eigenvalue weighted by Crippen LogP contribution is 2.43. The lowest BCUT2D eigenvalue weighted by Gasteiger charge is -2.16. The van der Waals surface area contributed by atoms with Crippen molar-refractivity contribution in [2.24, 2.45) is 0 Å². The highest BCUT2D eigenvalue weighted by atomic mass is 16.5. The molecule has 0 atom stereocenters. The van der Waals surface area contributed by atoms with Crippen molar-refractivity contribution >= 4 is 28.2 Å². The van der Waals surface area contributed by atoms with Crippen molar-refractivity contribution in [3.8, 4) is 39.4 Å². The molecule has 0 fully saturated rings. The Hall–Kier alpha value is -5.63. The standard InChI is InChI=1S/C32H23N7O/c1-40-32-28(24-14-15-25-23(19-24)13-8-17-34-25)30(36-26-16-18-33-20-35-26)37-31-27(21-9-4-2-5-10-21)29(38-39(31)32)22-11-6-3-7-12-22/h2-20H,1H3,(H,33,35,36,37). The van der Waals surface area contributed by atoms with Crippen LogP contribution < -0.4 is 10.1 Å². The fourth-order valence-electron chi connectivity index (χ4n) is 4.95. The third-order valence-electron chi connectivity index (χ3n) is 6.74. The van der Waals surface area contributed by atoms with Gasteiger partial charge in [-0.3, -0.25) is 4.98 Å². The number of methoxy groups -OCH3 is 1. The topological polar surface area (TPSA) is 90.1 Å². The summed E-state index contributed by atoms with van der Waals surface area (Å²) in [6, 6.07) is 32.2. The number of aromatic nitrogens is 6. The van der Waals surface area contributed by atoms with Gasteiger partial charge in [-0.2, -0.15) is 9.61 Å². The molecule has 8 heteroatoms. The van der Waals surface area contributed by atoms with Crippen LogP contribution in [0.3, 0.4) is 0 Å². The quantitative estimate of drug-likeness (QED) is 0.257. The first-order valence-corrected chi connectivity index (χ1v) is 12.8. The predicted octanol–water partition coefficient (Wildman–Crippen LogP) is 6.82. The number of fused-ring (bicyclic) bond motifs is 2. The van der Waals surface area contributed by atoms with Crippen molar-refractivity contribution in [1.82, 2.24) is 29.5 Å². The van der Waals surface area contributed by atoms with E-state index in [1.807, 2.05) is 60.7 Å². The van der Waals surface area contributed by atoms with Gasteiger partial charge in [0.25, 0.3) is 0 Å². The summed E-state index contributed by atoms with van der Waals surface area (Å²) in [5, 5.41) is 9.51. The SMILES string of the molecule is COc1c(-c2ccc3ncccc3c2)c(Nc2ccncn2)nc2c(-c3ccccc3)c(-c3ccccc3)nn12. The zero-order chi connectivity index (χ0) is 26.9. The van der Waals surface area contributed by atoms with Gasteiger partial charge in [-0.15, -0.1) is 0 Å². The number of anilines is 2. The first-order valence-electron chi connectivity index (χ1n) is 12.8. The van der Waals surface area contributed by atoms with Crippen LogP contribution in [0, 0.1) is 0 Å². The molecule has 0 aliphatic rings. The van der Waals surface area contributed by atoms with Crippen molar-refractivity contribution in [2.45, 2.75) is 0 Å². The summed E-state index contributed by atoms with van der Waals surface area (Å²) < 4.78 is 7.91. The summed E-state index contributed by atoms with van der Waals surface area (Å²) >= 11 is 0. The molecule has 0 aliphatic heterocycles. The van der Waals surface area contributed by atoms with Crippen LogP contribution in [0.1, 0.15) is 0 Å². The lowest BCUT2D eigenvalue weighted by atomic mass is 10.0. The van der Waals surface area contributed by atoms with Gasteiger partial charge in [0.1, 0.15) is 23.7 Å². The second-order valence-corrected chi connectivity index (χ2v) is 9.17. The van der Waals surface area contributed by atoms with Crippen LogP contribution >= 0.6 is 0 Å². The summed E-state index contributed by atoms with van der Waals surface area (Å²) in [5.74, 6) is 1.74. The van der Waals surface area contributed by atoms with E-state index in [2.05, 4.69) is 50.6 Å². The third kappa shape index (κ3) is 4.08. The lowest BCUT2D eigenvalue weighted by molar-refractivity contribution is 0.387. The van der Waals surface area contributed by atoms with E-state index < -0.39 is 0 Å². The Morgan fingerprint density at radius 2 is 1.52 bits per heavy atom. The summed E-state index contributed by atoms with van der Waals surface area (Å²) in [6.45, 7) is 0. The van der Waals surface area contributed by atoms with Crippen LogP contribution in [-0.4, -0.2) is 36.7 Å². The van der Waals surface area contributed by atoms with Crippen molar-refractivity contribution in [2.75, 3.05) is 12.4 Å². The van der Waals surface area contributed by atoms with Crippen LogP contribution in [0.15, 0.2) is 116 Å². The summed E-state index contributed by atoms with van der Waals surface area (Å²) in [4.78, 5) is 18.1. The van der Waals surface area contributed by atoms with Gasteiger partial charge in [0.2, 0.25) is 5.88 Å². The van der Waals surface area contributed by atoms with E-state index in [-0.39, 0.29) is 0 Å². The number of nitrogens with zero attached hydrogens (tertiary/aromatic N) is 6. The van der Waals surface area contributed by atoms with Crippen molar-refractivity contribution in [1.29, 1.82) is 0 Å². The maximum atomic E-state index is 6.12. The molecule has 0 spiro atoms. The first kappa shape index (κ1) is 23.5. The average Bonchev–Trinajstić information content (AvgIpc) is 3.41. The molecule has 0 saturated heterocycles. The molecule has 4 heterocycles. The van der Waals surface area contributed by atoms with Crippen molar-refractivity contribution in [3.63, 3.8) is 0 Å². The normalized spacial score (nSPS) is 11.1. The number of hydrogen-bond donors (Lipinski definition) is 1. The number of rotatable bonds is 6. The minimum Gasteiger partial charge on any atom is -0.480 e. The molecule has 0 saturated carbocycles. The molecule has 1 N–H and O–H groups in total. The molecule has 40 heavy (non-hydrogen) atoms. The van der Waals surface area contributed by atoms with Gasteiger partial charge < -0.3 is 10.1 Å². The van der Waals surface area contributed by atoms with Gasteiger partial charge in [-0.1, -0.05) is 72.8 Å². The molecule has 8 nitrogen and oxygen atoms in total. The number of ether oxygens (including phenoxy) is 1. The minimum atomic E-state index is 0.546. The summed E-state index contributed by atoms with van der Waals surface area (Å²) in [5.41, 5.74) is 6.92. The zero-order valence-corrected chi connectivity index (χ0v) is 21.6. The molecule has 0 aliphatic carbocycles. The predicted molar refractivity (Wildman–Crippen MR) is 156 cm³/mol. The average molecular weight is 522 g/mol. The molecular formula is C32H23N7O. The van der Waals surface area contributed by atoms with E-state index >= 15 is 0 Å². The maximum Gasteiger partial charge on any atom is 0.228 e. The Kier molecular flexibility index (Phi) is 5.82. The van der Waals surface area contributed by atoms with Crippen molar-refractivity contribution in [3.05, 3.63) is 116 Å². The van der Waals surface area contributed by atoms with Gasteiger partial charge in [-0.25, -0.2) is 15.0 Å². The first-order chi connectivity index (χ1) is 19.8. The van der Waals surface area contributed by atoms with Gasteiger partial charge in [-0.05, 0) is 35.4 Å². The molecule has 0 radical (unpaired) electrons. The van der Waals surface area contributed by atoms with Crippen LogP contribution in [0.4, 0.5) is 11.6 Å². The van der Waals surface area contributed by atoms with Gasteiger partial charge >= 0.3 is 0 Å². The van der Waals surface area contributed by atoms with E-state index in [4.69, 9.17) is 14.8 Å². The zero-order valence-electron chi connectivity index (χ0n) is 21.6. The molecule has 192 valence electrons. The molecule has 0 amide bonds. The summed E-state index contributed by atoms with van der Waals surface area (Å²) in [6.07, 6.45) is 4.98. The Morgan fingerprint density at radius 1 is 0.725 bits per heavy atom. The molecule has 3 aromatic carbocycles. The lowest BCUT2D eigenvalue weighted by Crippen LogP contribution is -2.06. The van der Waals surface area contributed by atoms with Gasteiger partial charge in [0, 0.05) is 23.3 Å². The Morgan fingerprint density at radius 3 is 2.27 bits per heavy atom. The van der Waals surface area contributed by atoms with Crippen LogP contribution in [0.2, 0.25) is 0 Å². The highest BCUT2D eigenvalue weighted by Gasteiger charge is 2.25. The highest BCUT2D eigenvalue weighted by molar-refractivity contribution is 5.95. The van der Waals surface area contributed by atoms with E-state index in [0.717, 1.165) is 44.4 Å². The molecule has 7 aromatic rings. The Labute approximate surface area is 230 Å². The fourth-order valence-corrected chi connectivity index (χ4v) is 4.95. The number of pyridine rings is 1. The molecular weight excluding hydrogens is 498 g/mol. The second-order valence-electron chi connectivity index (χ2n) is 9.17. The monoisotopic (exact) mass is 521 g/mol. The largest absolute Gasteiger partial charge is 0.480 e. The smallest absolute Gasteiger partial charge is 0.228 e. The minimum absolute atomic E-state index is 0.546. The maximum absolute atomic E-state index is 6.12. The van der Waals surface area contributed by atoms with E-state index in [9.17, 15) is 0 Å². The van der Waals surface area contributed by atoms with Crippen LogP contribution in [-0.2, 0) is 0 Å². The second kappa shape index (κ2) is 9.92. The van der Waals surface area contributed by atoms with Crippen molar-refractivity contribution < 1.29 is 4.74 Å². The van der Waals surface area contributed by atoms with Gasteiger partial charge in [0.05, 0.1) is 23.8 Å². The summed E-state index contributed by atoms with van der Waals surface area (Å²) in [7, 11) is 1.65. The third-order valence-corrected chi connectivity index (χ3v) is 6.74. The van der Waals surface area contributed by atoms with Crippen LogP contribution in [0.25, 0.3) is 50.1 Å². The van der Waals surface area contributed by atoms with Gasteiger partial charge in [0.15, 0.2) is 5.65 Å². The number of benzene rings is 3. The molecule has 7 rings (SSSR count). The van der Waals surface area contributed by atoms with Crippen LogP contribution in [0.5, 0.6) is 5.88 Å². The fraction of sp³-hybridized carbons (Fsp3) is 0.0312. The van der Waals surface area contributed by atoms with E-state index in [1.54, 1.807) is 30.1 Å². The number of nitrogens with one attached hydrogen (secondary N) is 1. The van der Waals surface area contributed by atoms with E-state index in [1.165, 1.54) is 6.33 Å². The van der Waals surface area contributed by atoms with E-state index in [0.29, 0.717) is 23.2 Å². The molecule has 4 aromatic heterocycles. The number of hydrogen-bond acceptors (Lipinski definition) is 7. The molecule has 0 bridgehead atoms. The Bertz CT molecular complexity index is 1960. The molecule has 0 unspecified atom stereocenters.